The van der Waals surface area contributed by atoms with Crippen LogP contribution >= 0.6 is 0 Å². The molecule has 0 spiro atoms. The molecule has 1 aliphatic heterocycles. The van der Waals surface area contributed by atoms with E-state index in [-0.39, 0.29) is 17.5 Å². The minimum Gasteiger partial charge on any atom is -0.321 e. The summed E-state index contributed by atoms with van der Waals surface area (Å²) in [5.41, 5.74) is 6.87. The van der Waals surface area contributed by atoms with Crippen molar-refractivity contribution < 1.29 is 4.79 Å². The Balaban J connectivity index is 1.74. The molecule has 1 aromatic heterocycles. The van der Waals surface area contributed by atoms with Gasteiger partial charge in [0.15, 0.2) is 0 Å². The lowest BCUT2D eigenvalue weighted by atomic mass is 9.90. The number of benzene rings is 3. The van der Waals surface area contributed by atoms with Crippen molar-refractivity contribution in [3.8, 4) is 11.1 Å². The Morgan fingerprint density at radius 1 is 0.971 bits per heavy atom. The summed E-state index contributed by atoms with van der Waals surface area (Å²) in [6, 6.07) is 23.8. The van der Waals surface area contributed by atoms with Crippen LogP contribution in [0.25, 0.3) is 22.0 Å². The van der Waals surface area contributed by atoms with Crippen LogP contribution < -0.4 is 5.56 Å². The molecule has 0 radical (unpaired) electrons. The lowest BCUT2D eigenvalue weighted by Crippen LogP contribution is -2.26. The van der Waals surface area contributed by atoms with Crippen LogP contribution in [0.2, 0.25) is 0 Å². The quantitative estimate of drug-likeness (QED) is 0.422. The highest BCUT2D eigenvalue weighted by Gasteiger charge is 2.35. The molecule has 0 unspecified atom stereocenters. The number of pyridine rings is 1. The van der Waals surface area contributed by atoms with E-state index in [2.05, 4.69) is 17.1 Å². The second kappa shape index (κ2) is 8.75. The van der Waals surface area contributed by atoms with Gasteiger partial charge in [-0.3, -0.25) is 9.59 Å². The van der Waals surface area contributed by atoms with Gasteiger partial charge in [0.1, 0.15) is 0 Å². The number of aromatic amines is 1. The van der Waals surface area contributed by atoms with Gasteiger partial charge >= 0.3 is 0 Å². The fourth-order valence-corrected chi connectivity index (χ4v) is 4.79. The summed E-state index contributed by atoms with van der Waals surface area (Å²) >= 11 is 0. The summed E-state index contributed by atoms with van der Waals surface area (Å²) in [7, 11) is 0. The molecule has 4 aromatic rings. The fraction of sp³-hybridized carbons (Fsp3) is 0.207. The van der Waals surface area contributed by atoms with E-state index in [9.17, 15) is 9.59 Å². The molecule has 170 valence electrons. The van der Waals surface area contributed by atoms with Gasteiger partial charge < -0.3 is 4.98 Å². The Morgan fingerprint density at radius 3 is 2.41 bits per heavy atom. The normalized spacial score (nSPS) is 15.6. The minimum absolute atomic E-state index is 0.0580. The molecule has 1 N–H and O–H groups in total. The lowest BCUT2D eigenvalue weighted by Gasteiger charge is -2.23. The van der Waals surface area contributed by atoms with Crippen molar-refractivity contribution in [2.24, 2.45) is 5.10 Å². The number of hydrogen-bond donors (Lipinski definition) is 1. The molecule has 1 aliphatic rings. The molecule has 5 heteroatoms. The van der Waals surface area contributed by atoms with Crippen molar-refractivity contribution in [2.45, 2.75) is 39.7 Å². The van der Waals surface area contributed by atoms with Crippen LogP contribution in [0.1, 0.15) is 48.1 Å². The number of aromatic nitrogens is 1. The number of fused-ring (bicyclic) bond motifs is 1. The van der Waals surface area contributed by atoms with Gasteiger partial charge in [0.05, 0.1) is 17.3 Å². The number of para-hydroxylation sites is 1. The van der Waals surface area contributed by atoms with Gasteiger partial charge in [-0.15, -0.1) is 0 Å². The SMILES string of the molecule is CCC(=O)N1N=C(c2c(-c3ccc(C)cc3)c3ccccc3[nH]c2=O)C[C@@H]1c1ccccc1C. The van der Waals surface area contributed by atoms with Crippen LogP contribution in [-0.4, -0.2) is 21.6 Å². The molecule has 1 amide bonds. The molecule has 0 bridgehead atoms. The predicted octanol–water partition coefficient (Wildman–Crippen LogP) is 5.90. The van der Waals surface area contributed by atoms with Crippen LogP contribution in [0.4, 0.5) is 0 Å². The number of carbonyl (C=O) groups is 1. The highest BCUT2D eigenvalue weighted by Crippen LogP contribution is 2.38. The minimum atomic E-state index is -0.236. The van der Waals surface area contributed by atoms with Crippen molar-refractivity contribution in [3.05, 3.63) is 105 Å². The van der Waals surface area contributed by atoms with E-state index >= 15 is 0 Å². The first-order valence-corrected chi connectivity index (χ1v) is 11.7. The molecule has 1 atom stereocenters. The third kappa shape index (κ3) is 3.73. The Hall–Kier alpha value is -3.99. The summed E-state index contributed by atoms with van der Waals surface area (Å²) in [5.74, 6) is -0.0580. The van der Waals surface area contributed by atoms with Crippen molar-refractivity contribution in [1.82, 2.24) is 9.99 Å². The predicted molar refractivity (Wildman–Crippen MR) is 137 cm³/mol. The zero-order valence-electron chi connectivity index (χ0n) is 19.6. The van der Waals surface area contributed by atoms with E-state index < -0.39 is 0 Å². The lowest BCUT2D eigenvalue weighted by molar-refractivity contribution is -0.132. The Kier molecular flexibility index (Phi) is 5.62. The molecule has 3 aromatic carbocycles. The van der Waals surface area contributed by atoms with Gasteiger partial charge in [-0.05, 0) is 36.6 Å². The molecular weight excluding hydrogens is 422 g/mol. The highest BCUT2D eigenvalue weighted by molar-refractivity contribution is 6.12. The standard InChI is InChI=1S/C29H27N3O2/c1-4-26(33)32-25(21-10-6-5-9-19(21)3)17-24(31-32)28-27(20-15-13-18(2)14-16-20)22-11-7-8-12-23(22)30-29(28)34/h5-16,25H,4,17H2,1-3H3,(H,30,34)/t25-/m1/s1. The number of carbonyl (C=O) groups excluding carboxylic acids is 1. The molecule has 5 nitrogen and oxygen atoms in total. The molecule has 5 rings (SSSR count). The average molecular weight is 450 g/mol. The number of hydrazone groups is 1. The van der Waals surface area contributed by atoms with E-state index in [1.54, 1.807) is 5.01 Å². The molecule has 0 fully saturated rings. The zero-order valence-corrected chi connectivity index (χ0v) is 19.6. The summed E-state index contributed by atoms with van der Waals surface area (Å²) in [6.45, 7) is 5.93. The van der Waals surface area contributed by atoms with Crippen LogP contribution in [0, 0.1) is 13.8 Å². The third-order valence-corrected chi connectivity index (χ3v) is 6.57. The summed E-state index contributed by atoms with van der Waals surface area (Å²) in [5, 5.41) is 7.31. The van der Waals surface area contributed by atoms with Crippen LogP contribution in [0.5, 0.6) is 0 Å². The summed E-state index contributed by atoms with van der Waals surface area (Å²) < 4.78 is 0. The van der Waals surface area contributed by atoms with E-state index in [1.807, 2.05) is 81.4 Å². The number of amides is 1. The maximum atomic E-state index is 13.5. The molecular formula is C29H27N3O2. The average Bonchev–Trinajstić information content (AvgIpc) is 3.28. The van der Waals surface area contributed by atoms with E-state index in [1.165, 1.54) is 0 Å². The maximum absolute atomic E-state index is 13.5. The number of nitrogens with zero attached hydrogens (tertiary/aromatic N) is 2. The Morgan fingerprint density at radius 2 is 1.68 bits per heavy atom. The van der Waals surface area contributed by atoms with Crippen LogP contribution in [0.15, 0.2) is 82.7 Å². The number of hydrogen-bond acceptors (Lipinski definition) is 3. The van der Waals surface area contributed by atoms with Gasteiger partial charge in [0.25, 0.3) is 5.56 Å². The first kappa shape index (κ1) is 21.8. The molecule has 2 heterocycles. The second-order valence-electron chi connectivity index (χ2n) is 8.83. The number of nitrogens with one attached hydrogen (secondary N) is 1. The van der Waals surface area contributed by atoms with Crippen molar-refractivity contribution >= 4 is 22.5 Å². The fourth-order valence-electron chi connectivity index (χ4n) is 4.79. The van der Waals surface area contributed by atoms with E-state index in [4.69, 9.17) is 5.10 Å². The van der Waals surface area contributed by atoms with Crippen molar-refractivity contribution in [2.75, 3.05) is 0 Å². The van der Waals surface area contributed by atoms with Crippen LogP contribution in [-0.2, 0) is 4.79 Å². The van der Waals surface area contributed by atoms with Crippen molar-refractivity contribution in [1.29, 1.82) is 0 Å². The largest absolute Gasteiger partial charge is 0.321 e. The first-order valence-electron chi connectivity index (χ1n) is 11.7. The van der Waals surface area contributed by atoms with Gasteiger partial charge in [-0.2, -0.15) is 5.10 Å². The maximum Gasteiger partial charge on any atom is 0.258 e. The van der Waals surface area contributed by atoms with Gasteiger partial charge in [-0.1, -0.05) is 79.2 Å². The number of rotatable bonds is 4. The third-order valence-electron chi connectivity index (χ3n) is 6.57. The smallest absolute Gasteiger partial charge is 0.258 e. The van der Waals surface area contributed by atoms with Gasteiger partial charge in [0.2, 0.25) is 5.91 Å². The summed E-state index contributed by atoms with van der Waals surface area (Å²) in [6.07, 6.45) is 0.828. The Labute approximate surface area is 198 Å². The topological polar surface area (TPSA) is 65.5 Å². The Bertz CT molecular complexity index is 1480. The van der Waals surface area contributed by atoms with Crippen molar-refractivity contribution in [3.63, 3.8) is 0 Å². The van der Waals surface area contributed by atoms with Gasteiger partial charge in [-0.25, -0.2) is 5.01 Å². The molecule has 34 heavy (non-hydrogen) atoms. The highest BCUT2D eigenvalue weighted by atomic mass is 16.2. The van der Waals surface area contributed by atoms with E-state index in [0.717, 1.165) is 38.7 Å². The van der Waals surface area contributed by atoms with Crippen LogP contribution in [0.3, 0.4) is 0 Å². The molecule has 0 aliphatic carbocycles. The molecule has 0 saturated carbocycles. The number of aryl methyl sites for hydroxylation is 2. The number of H-pyrrole nitrogens is 1. The summed E-state index contributed by atoms with van der Waals surface area (Å²) in [4.78, 5) is 29.4. The first-order chi connectivity index (χ1) is 16.5. The zero-order chi connectivity index (χ0) is 23.8. The monoisotopic (exact) mass is 449 g/mol. The molecule has 0 saturated heterocycles. The second-order valence-corrected chi connectivity index (χ2v) is 8.83. The van der Waals surface area contributed by atoms with E-state index in [0.29, 0.717) is 24.1 Å². The van der Waals surface area contributed by atoms with Gasteiger partial charge in [0, 0.05) is 29.3 Å².